The number of fused-ring (bicyclic) bond motifs is 1. The Labute approximate surface area is 174 Å². The van der Waals surface area contributed by atoms with Gasteiger partial charge in [-0.1, -0.05) is 0 Å². The molecule has 0 aromatic carbocycles. The molecule has 30 heavy (non-hydrogen) atoms. The van der Waals surface area contributed by atoms with Crippen LogP contribution in [0, 0.1) is 17.2 Å². The molecular weight excluding hydrogens is 388 g/mol. The summed E-state index contributed by atoms with van der Waals surface area (Å²) in [5.41, 5.74) is 0.599. The van der Waals surface area contributed by atoms with Crippen LogP contribution < -0.4 is 21.5 Å². The molecule has 2 aliphatic heterocycles. The summed E-state index contributed by atoms with van der Waals surface area (Å²) in [7, 11) is 3.25. The highest BCUT2D eigenvalue weighted by atomic mass is 16.2. The maximum absolute atomic E-state index is 12.9. The van der Waals surface area contributed by atoms with Gasteiger partial charge in [0.1, 0.15) is 17.8 Å². The van der Waals surface area contributed by atoms with Crippen molar-refractivity contribution >= 4 is 23.4 Å². The average molecular weight is 414 g/mol. The number of hydrogen-bond acceptors (Lipinski definition) is 6. The zero-order valence-corrected chi connectivity index (χ0v) is 17.1. The summed E-state index contributed by atoms with van der Waals surface area (Å²) in [4.78, 5) is 50.7. The quantitative estimate of drug-likeness (QED) is 0.543. The lowest BCUT2D eigenvalue weighted by Crippen LogP contribution is -2.42. The zero-order chi connectivity index (χ0) is 21.8. The Bertz CT molecular complexity index is 948. The van der Waals surface area contributed by atoms with Crippen LogP contribution in [0.3, 0.4) is 0 Å². The predicted molar refractivity (Wildman–Crippen MR) is 109 cm³/mol. The molecule has 0 saturated carbocycles. The summed E-state index contributed by atoms with van der Waals surface area (Å²) in [6.45, 7) is 0.547. The van der Waals surface area contributed by atoms with Gasteiger partial charge < -0.3 is 20.9 Å². The molecule has 3 atom stereocenters. The highest BCUT2D eigenvalue weighted by molar-refractivity contribution is 5.83. The fraction of sp³-hybridized carbons (Fsp3) is 0.550. The van der Waals surface area contributed by atoms with Gasteiger partial charge in [0, 0.05) is 32.3 Å². The van der Waals surface area contributed by atoms with Crippen molar-refractivity contribution in [2.24, 2.45) is 5.92 Å². The van der Waals surface area contributed by atoms with E-state index in [0.29, 0.717) is 25.8 Å². The molecule has 3 unspecified atom stereocenters. The Kier molecular flexibility index (Phi) is 6.40. The van der Waals surface area contributed by atoms with Crippen molar-refractivity contribution in [3.8, 4) is 6.07 Å². The van der Waals surface area contributed by atoms with Crippen LogP contribution in [0.1, 0.15) is 31.0 Å². The van der Waals surface area contributed by atoms with Gasteiger partial charge in [-0.05, 0) is 37.8 Å². The molecule has 0 bridgehead atoms. The predicted octanol–water partition coefficient (Wildman–Crippen LogP) is -0.630. The number of nitrogens with one attached hydrogen (secondary N) is 3. The van der Waals surface area contributed by atoms with Gasteiger partial charge in [0.25, 0.3) is 5.56 Å². The molecule has 3 heterocycles. The van der Waals surface area contributed by atoms with Crippen LogP contribution in [0.15, 0.2) is 16.9 Å². The minimum Gasteiger partial charge on any atom is -0.372 e. The molecule has 1 aromatic heterocycles. The van der Waals surface area contributed by atoms with E-state index < -0.39 is 18.0 Å². The van der Waals surface area contributed by atoms with Crippen LogP contribution >= 0.6 is 0 Å². The van der Waals surface area contributed by atoms with Crippen LogP contribution in [-0.4, -0.2) is 60.4 Å². The average Bonchev–Trinajstić information content (AvgIpc) is 3.33. The number of nitriles is 1. The van der Waals surface area contributed by atoms with E-state index in [1.807, 2.05) is 6.07 Å². The smallest absolute Gasteiger partial charge is 0.274 e. The monoisotopic (exact) mass is 414 g/mol. The molecule has 0 aliphatic carbocycles. The summed E-state index contributed by atoms with van der Waals surface area (Å²) in [6.07, 6.45) is 1.89. The number of anilines is 1. The van der Waals surface area contributed by atoms with Crippen LogP contribution in [-0.2, 0) is 20.8 Å². The Morgan fingerprint density at radius 2 is 2.10 bits per heavy atom. The lowest BCUT2D eigenvalue weighted by Gasteiger charge is -2.19. The van der Waals surface area contributed by atoms with Crippen molar-refractivity contribution in [1.29, 1.82) is 5.26 Å². The van der Waals surface area contributed by atoms with Gasteiger partial charge in [-0.2, -0.15) is 5.26 Å². The van der Waals surface area contributed by atoms with Crippen molar-refractivity contribution in [3.05, 3.63) is 28.2 Å². The molecule has 3 amide bonds. The number of aromatic nitrogens is 1. The van der Waals surface area contributed by atoms with Gasteiger partial charge in [-0.15, -0.1) is 0 Å². The molecule has 0 radical (unpaired) electrons. The summed E-state index contributed by atoms with van der Waals surface area (Å²) >= 11 is 0. The molecule has 10 heteroatoms. The van der Waals surface area contributed by atoms with Crippen LogP contribution in [0.25, 0.3) is 0 Å². The first-order valence-electron chi connectivity index (χ1n) is 9.98. The number of pyridine rings is 1. The van der Waals surface area contributed by atoms with Crippen molar-refractivity contribution in [3.63, 3.8) is 0 Å². The van der Waals surface area contributed by atoms with Gasteiger partial charge in [0.2, 0.25) is 17.7 Å². The summed E-state index contributed by atoms with van der Waals surface area (Å²) in [6, 6.07) is 3.90. The number of likely N-dealkylation sites (N-methyl/N-ethyl adjacent to an activating group) is 1. The molecule has 1 aromatic rings. The van der Waals surface area contributed by atoms with E-state index in [1.165, 1.54) is 9.47 Å². The standard InChI is InChI=1S/C20H26N6O4/c1-25(2)17(27)11-23-15-5-3-14-4-6-16(26(14)20(15)30)19(29)24-13(10-21)9-12-7-8-22-18(12)28/h3,5,12-13,16,23H,4,6-9,11H2,1-2H3,(H,22,28)(H,24,29). The Morgan fingerprint density at radius 3 is 2.73 bits per heavy atom. The topological polar surface area (TPSA) is 136 Å². The maximum atomic E-state index is 12.9. The summed E-state index contributed by atoms with van der Waals surface area (Å²) in [5.74, 6) is -0.988. The number of nitrogens with zero attached hydrogens (tertiary/aromatic N) is 3. The second-order valence-corrected chi connectivity index (χ2v) is 7.81. The number of carbonyl (C=O) groups is 3. The third-order valence-corrected chi connectivity index (χ3v) is 5.57. The summed E-state index contributed by atoms with van der Waals surface area (Å²) < 4.78 is 1.43. The number of amides is 3. The number of hydrogen-bond donors (Lipinski definition) is 3. The lowest BCUT2D eigenvalue weighted by atomic mass is 9.99. The minimum atomic E-state index is -0.801. The second-order valence-electron chi connectivity index (χ2n) is 7.81. The Balaban J connectivity index is 1.71. The second kappa shape index (κ2) is 8.98. The van der Waals surface area contributed by atoms with Crippen molar-refractivity contribution in [2.75, 3.05) is 32.5 Å². The molecule has 2 aliphatic rings. The van der Waals surface area contributed by atoms with Crippen molar-refractivity contribution in [1.82, 2.24) is 20.1 Å². The molecule has 3 N–H and O–H groups in total. The van der Waals surface area contributed by atoms with Crippen LogP contribution in [0.5, 0.6) is 0 Å². The van der Waals surface area contributed by atoms with Gasteiger partial charge in [0.05, 0.1) is 12.6 Å². The highest BCUT2D eigenvalue weighted by Gasteiger charge is 2.33. The van der Waals surface area contributed by atoms with E-state index >= 15 is 0 Å². The third kappa shape index (κ3) is 4.45. The van der Waals surface area contributed by atoms with E-state index in [4.69, 9.17) is 0 Å². The summed E-state index contributed by atoms with van der Waals surface area (Å²) in [5, 5.41) is 17.7. The van der Waals surface area contributed by atoms with Crippen LogP contribution in [0.4, 0.5) is 5.69 Å². The van der Waals surface area contributed by atoms with Crippen molar-refractivity contribution < 1.29 is 14.4 Å². The van der Waals surface area contributed by atoms with Gasteiger partial charge in [-0.3, -0.25) is 23.7 Å². The highest BCUT2D eigenvalue weighted by Crippen LogP contribution is 2.25. The minimum absolute atomic E-state index is 0.0294. The molecule has 1 saturated heterocycles. The number of carbonyl (C=O) groups excluding carboxylic acids is 3. The molecule has 1 fully saturated rings. The molecule has 10 nitrogen and oxygen atoms in total. The van der Waals surface area contributed by atoms with Crippen molar-refractivity contribution in [2.45, 2.75) is 37.8 Å². The fourth-order valence-electron chi connectivity index (χ4n) is 3.83. The van der Waals surface area contributed by atoms with Gasteiger partial charge in [0.15, 0.2) is 0 Å². The van der Waals surface area contributed by atoms with E-state index in [0.717, 1.165) is 5.69 Å². The third-order valence-electron chi connectivity index (χ3n) is 5.57. The SMILES string of the molecule is CN(C)C(=O)CNc1ccc2n(c1=O)C(C(=O)NC(C#N)CC1CCNC1=O)CC2. The molecule has 0 spiro atoms. The normalized spacial score (nSPS) is 20.6. The largest absolute Gasteiger partial charge is 0.372 e. The number of aryl methyl sites for hydroxylation is 1. The van der Waals surface area contributed by atoms with Gasteiger partial charge >= 0.3 is 0 Å². The first kappa shape index (κ1) is 21.4. The van der Waals surface area contributed by atoms with E-state index in [9.17, 15) is 24.4 Å². The molecule has 160 valence electrons. The van der Waals surface area contributed by atoms with E-state index in [2.05, 4.69) is 16.0 Å². The number of rotatable bonds is 7. The first-order valence-corrected chi connectivity index (χ1v) is 9.98. The first-order chi connectivity index (χ1) is 14.3. The lowest BCUT2D eigenvalue weighted by molar-refractivity contribution is -0.127. The zero-order valence-electron chi connectivity index (χ0n) is 17.1. The molecular formula is C20H26N6O4. The van der Waals surface area contributed by atoms with E-state index in [-0.39, 0.29) is 41.9 Å². The van der Waals surface area contributed by atoms with Crippen LogP contribution in [0.2, 0.25) is 0 Å². The van der Waals surface area contributed by atoms with E-state index in [1.54, 1.807) is 26.2 Å². The van der Waals surface area contributed by atoms with Gasteiger partial charge in [-0.25, -0.2) is 0 Å². The Morgan fingerprint density at radius 1 is 1.33 bits per heavy atom. The Hall–Kier alpha value is -3.35. The fourth-order valence-corrected chi connectivity index (χ4v) is 3.83. The maximum Gasteiger partial charge on any atom is 0.274 e. The molecule has 3 rings (SSSR count).